The van der Waals surface area contributed by atoms with Crippen LogP contribution in [-0.2, 0) is 0 Å². The SMILES string of the molecule is CCCC1CCN(c2cc(C)nc(NCC)n2)CC1. The third-order valence-electron chi connectivity index (χ3n) is 3.81. The molecule has 1 N–H and O–H groups in total. The Hall–Kier alpha value is -1.32. The van der Waals surface area contributed by atoms with Gasteiger partial charge in [0.15, 0.2) is 0 Å². The molecule has 19 heavy (non-hydrogen) atoms. The highest BCUT2D eigenvalue weighted by atomic mass is 15.2. The Balaban J connectivity index is 2.02. The monoisotopic (exact) mass is 262 g/mol. The topological polar surface area (TPSA) is 41.1 Å². The summed E-state index contributed by atoms with van der Waals surface area (Å²) in [6.45, 7) is 9.52. The average Bonchev–Trinajstić information content (AvgIpc) is 2.40. The zero-order valence-electron chi connectivity index (χ0n) is 12.4. The third-order valence-corrected chi connectivity index (χ3v) is 3.81. The van der Waals surface area contributed by atoms with Crippen LogP contribution in [0, 0.1) is 12.8 Å². The Morgan fingerprint density at radius 3 is 2.63 bits per heavy atom. The Labute approximate surface area is 116 Å². The van der Waals surface area contributed by atoms with E-state index in [-0.39, 0.29) is 0 Å². The van der Waals surface area contributed by atoms with Gasteiger partial charge in [-0.1, -0.05) is 19.8 Å². The molecule has 0 bridgehead atoms. The molecule has 1 aliphatic rings. The maximum atomic E-state index is 4.62. The van der Waals surface area contributed by atoms with Crippen molar-refractivity contribution in [2.24, 2.45) is 5.92 Å². The summed E-state index contributed by atoms with van der Waals surface area (Å²) >= 11 is 0. The Morgan fingerprint density at radius 1 is 1.26 bits per heavy atom. The molecule has 4 heteroatoms. The normalized spacial score (nSPS) is 16.7. The fraction of sp³-hybridized carbons (Fsp3) is 0.733. The lowest BCUT2D eigenvalue weighted by Gasteiger charge is -2.33. The number of aromatic nitrogens is 2. The van der Waals surface area contributed by atoms with E-state index in [1.165, 1.54) is 25.7 Å². The van der Waals surface area contributed by atoms with E-state index in [9.17, 15) is 0 Å². The smallest absolute Gasteiger partial charge is 0.224 e. The summed E-state index contributed by atoms with van der Waals surface area (Å²) < 4.78 is 0. The largest absolute Gasteiger partial charge is 0.356 e. The number of rotatable bonds is 5. The highest BCUT2D eigenvalue weighted by molar-refractivity contribution is 5.45. The van der Waals surface area contributed by atoms with Crippen LogP contribution in [0.1, 0.15) is 45.2 Å². The van der Waals surface area contributed by atoms with E-state index in [2.05, 4.69) is 40.1 Å². The lowest BCUT2D eigenvalue weighted by molar-refractivity contribution is 0.377. The van der Waals surface area contributed by atoms with Gasteiger partial charge < -0.3 is 10.2 Å². The fourth-order valence-corrected chi connectivity index (χ4v) is 2.81. The molecule has 0 atom stereocenters. The number of hydrogen-bond acceptors (Lipinski definition) is 4. The summed E-state index contributed by atoms with van der Waals surface area (Å²) in [6.07, 6.45) is 5.28. The number of anilines is 2. The van der Waals surface area contributed by atoms with Gasteiger partial charge in [0.2, 0.25) is 5.95 Å². The van der Waals surface area contributed by atoms with Gasteiger partial charge in [0.25, 0.3) is 0 Å². The Bertz CT molecular complexity index is 397. The molecule has 1 aromatic heterocycles. The van der Waals surface area contributed by atoms with E-state index in [1.807, 2.05) is 6.92 Å². The fourth-order valence-electron chi connectivity index (χ4n) is 2.81. The molecular formula is C15H26N4. The van der Waals surface area contributed by atoms with Crippen molar-refractivity contribution in [3.63, 3.8) is 0 Å². The molecule has 0 spiro atoms. The minimum Gasteiger partial charge on any atom is -0.356 e. The van der Waals surface area contributed by atoms with Gasteiger partial charge in [0, 0.05) is 31.4 Å². The van der Waals surface area contributed by atoms with Gasteiger partial charge in [-0.25, -0.2) is 4.98 Å². The minimum atomic E-state index is 0.758. The maximum Gasteiger partial charge on any atom is 0.224 e. The highest BCUT2D eigenvalue weighted by Crippen LogP contribution is 2.25. The van der Waals surface area contributed by atoms with Crippen LogP contribution in [-0.4, -0.2) is 29.6 Å². The number of aryl methyl sites for hydroxylation is 1. The van der Waals surface area contributed by atoms with Crippen LogP contribution in [0.3, 0.4) is 0 Å². The second-order valence-electron chi connectivity index (χ2n) is 5.44. The quantitative estimate of drug-likeness (QED) is 0.884. The summed E-state index contributed by atoms with van der Waals surface area (Å²) in [5.74, 6) is 2.75. The molecular weight excluding hydrogens is 236 g/mol. The molecule has 106 valence electrons. The van der Waals surface area contributed by atoms with Crippen LogP contribution in [0.15, 0.2) is 6.07 Å². The van der Waals surface area contributed by atoms with Crippen molar-refractivity contribution < 1.29 is 0 Å². The zero-order chi connectivity index (χ0) is 13.7. The van der Waals surface area contributed by atoms with Gasteiger partial charge in [0.05, 0.1) is 0 Å². The van der Waals surface area contributed by atoms with Crippen LogP contribution >= 0.6 is 0 Å². The second kappa shape index (κ2) is 6.73. The first kappa shape index (κ1) is 14.1. The van der Waals surface area contributed by atoms with Crippen LogP contribution in [0.25, 0.3) is 0 Å². The van der Waals surface area contributed by atoms with Gasteiger partial charge in [-0.05, 0) is 32.6 Å². The molecule has 0 aliphatic carbocycles. The minimum absolute atomic E-state index is 0.758. The van der Waals surface area contributed by atoms with Crippen LogP contribution in [0.2, 0.25) is 0 Å². The lowest BCUT2D eigenvalue weighted by atomic mass is 9.92. The van der Waals surface area contributed by atoms with E-state index in [0.29, 0.717) is 0 Å². The molecule has 1 saturated heterocycles. The third kappa shape index (κ3) is 3.82. The zero-order valence-corrected chi connectivity index (χ0v) is 12.4. The summed E-state index contributed by atoms with van der Waals surface area (Å²) in [5.41, 5.74) is 1.04. The number of nitrogens with zero attached hydrogens (tertiary/aromatic N) is 3. The summed E-state index contributed by atoms with van der Waals surface area (Å²) in [6, 6.07) is 2.10. The standard InChI is InChI=1S/C15H26N4/c1-4-6-13-7-9-19(10-8-13)14-11-12(3)17-15(18-14)16-5-2/h11,13H,4-10H2,1-3H3,(H,16,17,18). The van der Waals surface area contributed by atoms with E-state index in [1.54, 1.807) is 0 Å². The van der Waals surface area contributed by atoms with Crippen molar-refractivity contribution in [2.75, 3.05) is 29.9 Å². The molecule has 0 aromatic carbocycles. The van der Waals surface area contributed by atoms with E-state index >= 15 is 0 Å². The molecule has 4 nitrogen and oxygen atoms in total. The Morgan fingerprint density at radius 2 is 2.00 bits per heavy atom. The summed E-state index contributed by atoms with van der Waals surface area (Å²) in [4.78, 5) is 11.4. The van der Waals surface area contributed by atoms with Crippen molar-refractivity contribution in [3.05, 3.63) is 11.8 Å². The first-order valence-corrected chi connectivity index (χ1v) is 7.57. The summed E-state index contributed by atoms with van der Waals surface area (Å²) in [7, 11) is 0. The molecule has 0 amide bonds. The predicted molar refractivity (Wildman–Crippen MR) is 80.8 cm³/mol. The first-order valence-electron chi connectivity index (χ1n) is 7.57. The first-order chi connectivity index (χ1) is 9.22. The highest BCUT2D eigenvalue weighted by Gasteiger charge is 2.20. The van der Waals surface area contributed by atoms with Gasteiger partial charge in [-0.2, -0.15) is 4.98 Å². The van der Waals surface area contributed by atoms with Crippen LogP contribution in [0.5, 0.6) is 0 Å². The average molecular weight is 262 g/mol. The van der Waals surface area contributed by atoms with Crippen molar-refractivity contribution >= 4 is 11.8 Å². The van der Waals surface area contributed by atoms with E-state index in [0.717, 1.165) is 43.0 Å². The van der Waals surface area contributed by atoms with Gasteiger partial charge in [0.1, 0.15) is 5.82 Å². The second-order valence-corrected chi connectivity index (χ2v) is 5.44. The number of nitrogens with one attached hydrogen (secondary N) is 1. The van der Waals surface area contributed by atoms with Gasteiger partial charge in [-0.3, -0.25) is 0 Å². The molecule has 2 heterocycles. The van der Waals surface area contributed by atoms with Crippen molar-refractivity contribution in [1.82, 2.24) is 9.97 Å². The van der Waals surface area contributed by atoms with Crippen LogP contribution < -0.4 is 10.2 Å². The van der Waals surface area contributed by atoms with E-state index < -0.39 is 0 Å². The summed E-state index contributed by atoms with van der Waals surface area (Å²) in [5, 5.41) is 3.21. The number of piperidine rings is 1. The molecule has 0 unspecified atom stereocenters. The van der Waals surface area contributed by atoms with Crippen LogP contribution in [0.4, 0.5) is 11.8 Å². The molecule has 0 radical (unpaired) electrons. The maximum absolute atomic E-state index is 4.62. The Kier molecular flexibility index (Phi) is 5.00. The molecule has 0 saturated carbocycles. The van der Waals surface area contributed by atoms with Crippen molar-refractivity contribution in [3.8, 4) is 0 Å². The lowest BCUT2D eigenvalue weighted by Crippen LogP contribution is -2.34. The molecule has 1 aliphatic heterocycles. The van der Waals surface area contributed by atoms with Crippen molar-refractivity contribution in [2.45, 2.75) is 46.5 Å². The van der Waals surface area contributed by atoms with Gasteiger partial charge >= 0.3 is 0 Å². The van der Waals surface area contributed by atoms with Crippen molar-refractivity contribution in [1.29, 1.82) is 0 Å². The molecule has 1 aromatic rings. The van der Waals surface area contributed by atoms with E-state index in [4.69, 9.17) is 0 Å². The predicted octanol–water partition coefficient (Wildman–Crippen LogP) is 3.23. The molecule has 1 fully saturated rings. The number of hydrogen-bond donors (Lipinski definition) is 1. The molecule has 2 rings (SSSR count). The van der Waals surface area contributed by atoms with Gasteiger partial charge in [-0.15, -0.1) is 0 Å².